The SMILES string of the molecule is Cc1ccc(OCCNC(=O)CCCN2C(=O)c3ccccc3C2=O)cc1. The van der Waals surface area contributed by atoms with Gasteiger partial charge < -0.3 is 10.1 Å². The van der Waals surface area contributed by atoms with Gasteiger partial charge in [0.15, 0.2) is 0 Å². The largest absolute Gasteiger partial charge is 0.492 e. The van der Waals surface area contributed by atoms with Crippen molar-refractivity contribution in [3.63, 3.8) is 0 Å². The number of ether oxygens (including phenoxy) is 1. The average Bonchev–Trinajstić information content (AvgIpc) is 2.92. The van der Waals surface area contributed by atoms with Gasteiger partial charge in [-0.2, -0.15) is 0 Å². The molecule has 0 aromatic heterocycles. The Morgan fingerprint density at radius 2 is 1.63 bits per heavy atom. The van der Waals surface area contributed by atoms with Gasteiger partial charge in [-0.05, 0) is 37.6 Å². The van der Waals surface area contributed by atoms with Crippen LogP contribution in [-0.4, -0.2) is 42.3 Å². The van der Waals surface area contributed by atoms with Crippen molar-refractivity contribution in [1.29, 1.82) is 0 Å². The van der Waals surface area contributed by atoms with E-state index in [1.54, 1.807) is 24.3 Å². The molecule has 1 N–H and O–H groups in total. The van der Waals surface area contributed by atoms with Crippen LogP contribution in [0.25, 0.3) is 0 Å². The van der Waals surface area contributed by atoms with Crippen LogP contribution in [0.4, 0.5) is 0 Å². The Balaban J connectivity index is 1.35. The number of carbonyl (C=O) groups is 3. The third kappa shape index (κ3) is 4.53. The van der Waals surface area contributed by atoms with Crippen LogP contribution in [0.15, 0.2) is 48.5 Å². The van der Waals surface area contributed by atoms with Crippen molar-refractivity contribution in [1.82, 2.24) is 10.2 Å². The fourth-order valence-corrected chi connectivity index (χ4v) is 2.92. The van der Waals surface area contributed by atoms with E-state index in [1.807, 2.05) is 31.2 Å². The molecule has 1 aliphatic rings. The number of benzene rings is 2. The number of amides is 3. The van der Waals surface area contributed by atoms with E-state index >= 15 is 0 Å². The van der Waals surface area contributed by atoms with Gasteiger partial charge in [-0.1, -0.05) is 29.8 Å². The second-order valence-electron chi connectivity index (χ2n) is 6.42. The first-order valence-electron chi connectivity index (χ1n) is 8.97. The highest BCUT2D eigenvalue weighted by Crippen LogP contribution is 2.22. The van der Waals surface area contributed by atoms with E-state index in [0.29, 0.717) is 30.7 Å². The quantitative estimate of drug-likeness (QED) is 0.575. The molecule has 6 nitrogen and oxygen atoms in total. The van der Waals surface area contributed by atoms with Crippen LogP contribution in [0, 0.1) is 6.92 Å². The number of hydrogen-bond acceptors (Lipinski definition) is 4. The normalized spacial score (nSPS) is 12.9. The van der Waals surface area contributed by atoms with Crippen LogP contribution in [0.2, 0.25) is 0 Å². The molecule has 2 aromatic rings. The van der Waals surface area contributed by atoms with Crippen molar-refractivity contribution in [2.75, 3.05) is 19.7 Å². The Kier molecular flexibility index (Phi) is 5.86. The van der Waals surface area contributed by atoms with E-state index in [0.717, 1.165) is 11.3 Å². The summed E-state index contributed by atoms with van der Waals surface area (Å²) < 4.78 is 5.55. The summed E-state index contributed by atoms with van der Waals surface area (Å²) in [4.78, 5) is 37.6. The van der Waals surface area contributed by atoms with Crippen molar-refractivity contribution in [2.24, 2.45) is 0 Å². The number of imide groups is 1. The van der Waals surface area contributed by atoms with Crippen molar-refractivity contribution in [3.05, 3.63) is 65.2 Å². The van der Waals surface area contributed by atoms with E-state index < -0.39 is 0 Å². The molecule has 140 valence electrons. The number of nitrogens with zero attached hydrogens (tertiary/aromatic N) is 1. The summed E-state index contributed by atoms with van der Waals surface area (Å²) >= 11 is 0. The third-order valence-electron chi connectivity index (χ3n) is 4.38. The second-order valence-corrected chi connectivity index (χ2v) is 6.42. The molecule has 3 amide bonds. The number of rotatable bonds is 8. The van der Waals surface area contributed by atoms with Gasteiger partial charge in [-0.25, -0.2) is 0 Å². The van der Waals surface area contributed by atoms with Gasteiger partial charge >= 0.3 is 0 Å². The van der Waals surface area contributed by atoms with Gasteiger partial charge in [0.2, 0.25) is 5.91 Å². The summed E-state index contributed by atoms with van der Waals surface area (Å²) in [6.07, 6.45) is 0.675. The van der Waals surface area contributed by atoms with E-state index in [2.05, 4.69) is 5.32 Å². The summed E-state index contributed by atoms with van der Waals surface area (Å²) in [7, 11) is 0. The summed E-state index contributed by atoms with van der Waals surface area (Å²) in [6, 6.07) is 14.5. The van der Waals surface area contributed by atoms with Gasteiger partial charge in [0, 0.05) is 13.0 Å². The Hall–Kier alpha value is -3.15. The Morgan fingerprint density at radius 3 is 2.26 bits per heavy atom. The number of carbonyl (C=O) groups excluding carboxylic acids is 3. The van der Waals surface area contributed by atoms with Crippen molar-refractivity contribution < 1.29 is 19.1 Å². The lowest BCUT2D eigenvalue weighted by Crippen LogP contribution is -2.32. The number of hydrogen-bond donors (Lipinski definition) is 1. The highest BCUT2D eigenvalue weighted by molar-refractivity contribution is 6.21. The van der Waals surface area contributed by atoms with Gasteiger partial charge in [0.05, 0.1) is 17.7 Å². The van der Waals surface area contributed by atoms with Crippen LogP contribution in [0.3, 0.4) is 0 Å². The smallest absolute Gasteiger partial charge is 0.261 e. The Bertz CT molecular complexity index is 811. The lowest BCUT2D eigenvalue weighted by molar-refractivity contribution is -0.121. The molecular formula is C21H22N2O4. The third-order valence-corrected chi connectivity index (χ3v) is 4.38. The zero-order valence-corrected chi connectivity index (χ0v) is 15.2. The first-order valence-corrected chi connectivity index (χ1v) is 8.97. The summed E-state index contributed by atoms with van der Waals surface area (Å²) in [5.41, 5.74) is 2.02. The van der Waals surface area contributed by atoms with Crippen LogP contribution >= 0.6 is 0 Å². The molecule has 0 fully saturated rings. The lowest BCUT2D eigenvalue weighted by Gasteiger charge is -2.13. The van der Waals surface area contributed by atoms with Gasteiger partial charge in [0.1, 0.15) is 12.4 Å². The Morgan fingerprint density at radius 1 is 1.00 bits per heavy atom. The van der Waals surface area contributed by atoms with Crippen molar-refractivity contribution in [3.8, 4) is 5.75 Å². The molecule has 0 aliphatic carbocycles. The highest BCUT2D eigenvalue weighted by atomic mass is 16.5. The predicted molar refractivity (Wildman–Crippen MR) is 101 cm³/mol. The van der Waals surface area contributed by atoms with Gasteiger partial charge in [0.25, 0.3) is 11.8 Å². The molecule has 0 atom stereocenters. The van der Waals surface area contributed by atoms with Gasteiger partial charge in [-0.3, -0.25) is 19.3 Å². The van der Waals surface area contributed by atoms with Crippen LogP contribution < -0.4 is 10.1 Å². The first-order chi connectivity index (χ1) is 13.1. The van der Waals surface area contributed by atoms with E-state index in [1.165, 1.54) is 4.90 Å². The maximum absolute atomic E-state index is 12.2. The average molecular weight is 366 g/mol. The minimum Gasteiger partial charge on any atom is -0.492 e. The molecule has 27 heavy (non-hydrogen) atoms. The van der Waals surface area contributed by atoms with Crippen LogP contribution in [0.5, 0.6) is 5.75 Å². The predicted octanol–water partition coefficient (Wildman–Crippen LogP) is 2.57. The molecule has 0 unspecified atom stereocenters. The molecule has 1 aliphatic heterocycles. The van der Waals surface area contributed by atoms with Crippen molar-refractivity contribution >= 4 is 17.7 Å². The van der Waals surface area contributed by atoms with Crippen LogP contribution in [0.1, 0.15) is 39.1 Å². The number of nitrogens with one attached hydrogen (secondary N) is 1. The fraction of sp³-hybridized carbons (Fsp3) is 0.286. The van der Waals surface area contributed by atoms with Crippen LogP contribution in [-0.2, 0) is 4.79 Å². The Labute approximate surface area is 158 Å². The minimum atomic E-state index is -0.289. The zero-order chi connectivity index (χ0) is 19.2. The molecule has 0 saturated carbocycles. The fourth-order valence-electron chi connectivity index (χ4n) is 2.92. The molecule has 0 saturated heterocycles. The molecule has 0 bridgehead atoms. The lowest BCUT2D eigenvalue weighted by atomic mass is 10.1. The van der Waals surface area contributed by atoms with Gasteiger partial charge in [-0.15, -0.1) is 0 Å². The standard InChI is InChI=1S/C21H22N2O4/c1-15-8-10-16(11-9-15)27-14-12-22-19(24)7-4-13-23-20(25)17-5-2-3-6-18(17)21(23)26/h2-3,5-6,8-11H,4,7,12-14H2,1H3,(H,22,24). The summed E-state index contributed by atoms with van der Waals surface area (Å²) in [5.74, 6) is 0.0598. The molecule has 0 spiro atoms. The maximum Gasteiger partial charge on any atom is 0.261 e. The first kappa shape index (κ1) is 18.6. The molecular weight excluding hydrogens is 344 g/mol. The minimum absolute atomic E-state index is 0.126. The molecule has 1 heterocycles. The highest BCUT2D eigenvalue weighted by Gasteiger charge is 2.34. The van der Waals surface area contributed by atoms with Crippen molar-refractivity contribution in [2.45, 2.75) is 19.8 Å². The second kappa shape index (κ2) is 8.49. The number of aryl methyl sites for hydroxylation is 1. The zero-order valence-electron chi connectivity index (χ0n) is 15.2. The monoisotopic (exact) mass is 366 g/mol. The van der Waals surface area contributed by atoms with E-state index in [9.17, 15) is 14.4 Å². The van der Waals surface area contributed by atoms with E-state index in [4.69, 9.17) is 4.74 Å². The topological polar surface area (TPSA) is 75.7 Å². The molecule has 3 rings (SSSR count). The number of fused-ring (bicyclic) bond motifs is 1. The van der Waals surface area contributed by atoms with E-state index in [-0.39, 0.29) is 30.7 Å². The molecule has 6 heteroatoms. The summed E-state index contributed by atoms with van der Waals surface area (Å²) in [6.45, 7) is 3.03. The summed E-state index contributed by atoms with van der Waals surface area (Å²) in [5, 5.41) is 2.78. The molecule has 2 aromatic carbocycles. The molecule has 0 radical (unpaired) electrons. The maximum atomic E-state index is 12.2.